The van der Waals surface area contributed by atoms with Gasteiger partial charge in [0, 0.05) is 12.3 Å². The zero-order valence-electron chi connectivity index (χ0n) is 6.45. The van der Waals surface area contributed by atoms with E-state index in [9.17, 15) is 8.42 Å². The second-order valence-corrected chi connectivity index (χ2v) is 4.56. The Labute approximate surface area is 67.3 Å². The Morgan fingerprint density at radius 2 is 2.18 bits per heavy atom. The molecule has 62 valence electrons. The van der Waals surface area contributed by atoms with Crippen LogP contribution in [0.1, 0.15) is 12.8 Å². The Balaban J connectivity index is 3.46. The number of hydrogen-bond donors (Lipinski definition) is 0. The Kier molecular flexibility index (Phi) is 4.55. The molecule has 0 spiro atoms. The number of rotatable bonds is 4. The number of unbranched alkanes of at least 4 members (excludes halogenated alkanes) is 1. The van der Waals surface area contributed by atoms with Gasteiger partial charge in [0.05, 0.1) is 11.8 Å². The van der Waals surface area contributed by atoms with Crippen molar-refractivity contribution < 1.29 is 8.42 Å². The fraction of sp³-hybridized carbons (Fsp3) is 0.571. The molecule has 0 aliphatic heterocycles. The van der Waals surface area contributed by atoms with Gasteiger partial charge in [0.15, 0.2) is 0 Å². The molecule has 0 atom stereocenters. The summed E-state index contributed by atoms with van der Waals surface area (Å²) in [6.45, 7) is 0. The van der Waals surface area contributed by atoms with E-state index in [0.717, 1.165) is 0 Å². The first-order valence-corrected chi connectivity index (χ1v) is 5.34. The van der Waals surface area contributed by atoms with Crippen molar-refractivity contribution in [3.63, 3.8) is 0 Å². The summed E-state index contributed by atoms with van der Waals surface area (Å²) in [6, 6.07) is 1.84. The van der Waals surface area contributed by atoms with Gasteiger partial charge in [-0.3, -0.25) is 0 Å². The summed E-state index contributed by atoms with van der Waals surface area (Å²) in [5.74, 6) is 0.197. The summed E-state index contributed by atoms with van der Waals surface area (Å²) >= 11 is 0. The second-order valence-electron chi connectivity index (χ2n) is 2.30. The van der Waals surface area contributed by atoms with Crippen LogP contribution in [-0.2, 0) is 9.84 Å². The van der Waals surface area contributed by atoms with Crippen molar-refractivity contribution >= 4 is 9.84 Å². The molecule has 0 saturated carbocycles. The van der Waals surface area contributed by atoms with Crippen LogP contribution < -0.4 is 0 Å². The standard InChI is InChI=1S/C7H11NO2S/c1-11(9,10)7-5-3-2-4-6-8/h2,4H,3,5,7H2,1H3. The molecule has 0 bridgehead atoms. The molecule has 3 nitrogen and oxygen atoms in total. The van der Waals surface area contributed by atoms with E-state index in [1.165, 1.54) is 12.3 Å². The first kappa shape index (κ1) is 10.2. The lowest BCUT2D eigenvalue weighted by molar-refractivity contribution is 0.599. The van der Waals surface area contributed by atoms with Crippen LogP contribution >= 0.6 is 0 Å². The Hall–Kier alpha value is -0.820. The number of allylic oxidation sites excluding steroid dienone is 2. The molecular formula is C7H11NO2S. The lowest BCUT2D eigenvalue weighted by atomic mass is 10.3. The minimum atomic E-state index is -2.83. The lowest BCUT2D eigenvalue weighted by Gasteiger charge is -1.92. The van der Waals surface area contributed by atoms with Crippen LogP contribution in [0, 0.1) is 11.3 Å². The van der Waals surface area contributed by atoms with Gasteiger partial charge in [0.25, 0.3) is 0 Å². The zero-order valence-corrected chi connectivity index (χ0v) is 7.26. The average molecular weight is 173 g/mol. The van der Waals surface area contributed by atoms with E-state index in [1.807, 2.05) is 6.07 Å². The fourth-order valence-electron chi connectivity index (χ4n) is 0.599. The summed E-state index contributed by atoms with van der Waals surface area (Å²) < 4.78 is 21.1. The van der Waals surface area contributed by atoms with Gasteiger partial charge < -0.3 is 0 Å². The van der Waals surface area contributed by atoms with Crippen molar-refractivity contribution in [3.8, 4) is 6.07 Å². The van der Waals surface area contributed by atoms with E-state index >= 15 is 0 Å². The molecule has 0 fully saturated rings. The van der Waals surface area contributed by atoms with Gasteiger partial charge in [-0.15, -0.1) is 0 Å². The molecule has 0 aromatic heterocycles. The van der Waals surface area contributed by atoms with Gasteiger partial charge in [-0.2, -0.15) is 5.26 Å². The molecule has 0 saturated heterocycles. The normalized spacial score (nSPS) is 11.6. The molecular weight excluding hydrogens is 162 g/mol. The third-order valence-electron chi connectivity index (χ3n) is 1.08. The Morgan fingerprint density at radius 1 is 1.55 bits per heavy atom. The van der Waals surface area contributed by atoms with Gasteiger partial charge in [-0.1, -0.05) is 6.08 Å². The predicted molar refractivity (Wildman–Crippen MR) is 43.7 cm³/mol. The van der Waals surface area contributed by atoms with Crippen LogP contribution in [0.4, 0.5) is 0 Å². The molecule has 0 heterocycles. The molecule has 0 aliphatic rings. The van der Waals surface area contributed by atoms with Crippen molar-refractivity contribution in [2.75, 3.05) is 12.0 Å². The summed E-state index contributed by atoms with van der Waals surface area (Å²) in [7, 11) is -2.83. The van der Waals surface area contributed by atoms with E-state index in [1.54, 1.807) is 6.08 Å². The maximum atomic E-state index is 10.6. The largest absolute Gasteiger partial charge is 0.229 e. The highest BCUT2D eigenvalue weighted by molar-refractivity contribution is 7.90. The van der Waals surface area contributed by atoms with Crippen LogP contribution in [0.2, 0.25) is 0 Å². The average Bonchev–Trinajstić information content (AvgIpc) is 1.85. The van der Waals surface area contributed by atoms with Crippen molar-refractivity contribution in [2.45, 2.75) is 12.8 Å². The summed E-state index contributed by atoms with van der Waals surface area (Å²) in [4.78, 5) is 0. The van der Waals surface area contributed by atoms with Crippen molar-refractivity contribution in [3.05, 3.63) is 12.2 Å². The quantitative estimate of drug-likeness (QED) is 0.468. The molecule has 0 aliphatic carbocycles. The topological polar surface area (TPSA) is 57.9 Å². The van der Waals surface area contributed by atoms with Crippen LogP contribution in [0.15, 0.2) is 12.2 Å². The van der Waals surface area contributed by atoms with Gasteiger partial charge in [-0.05, 0) is 12.8 Å². The number of nitriles is 1. The van der Waals surface area contributed by atoms with Crippen molar-refractivity contribution in [1.82, 2.24) is 0 Å². The van der Waals surface area contributed by atoms with E-state index < -0.39 is 9.84 Å². The van der Waals surface area contributed by atoms with Gasteiger partial charge in [-0.25, -0.2) is 8.42 Å². The first-order valence-electron chi connectivity index (χ1n) is 3.28. The summed E-state index contributed by atoms with van der Waals surface area (Å²) in [5, 5.41) is 8.07. The maximum Gasteiger partial charge on any atom is 0.147 e. The third-order valence-corrected chi connectivity index (χ3v) is 2.11. The fourth-order valence-corrected chi connectivity index (χ4v) is 1.29. The molecule has 0 N–H and O–H groups in total. The van der Waals surface area contributed by atoms with E-state index in [-0.39, 0.29) is 5.75 Å². The zero-order chi connectivity index (χ0) is 8.74. The molecule has 0 radical (unpaired) electrons. The highest BCUT2D eigenvalue weighted by Crippen LogP contribution is 1.94. The van der Waals surface area contributed by atoms with Crippen LogP contribution in [0.5, 0.6) is 0 Å². The summed E-state index contributed by atoms with van der Waals surface area (Å²) in [5.41, 5.74) is 0. The monoisotopic (exact) mass is 173 g/mol. The highest BCUT2D eigenvalue weighted by Gasteiger charge is 1.98. The number of hydrogen-bond acceptors (Lipinski definition) is 3. The first-order chi connectivity index (χ1) is 5.06. The van der Waals surface area contributed by atoms with E-state index in [2.05, 4.69) is 0 Å². The molecule has 4 heteroatoms. The van der Waals surface area contributed by atoms with Crippen molar-refractivity contribution in [1.29, 1.82) is 5.26 Å². The predicted octanol–water partition coefficient (Wildman–Crippen LogP) is 0.891. The van der Waals surface area contributed by atoms with Gasteiger partial charge in [0.1, 0.15) is 9.84 Å². The van der Waals surface area contributed by atoms with E-state index in [4.69, 9.17) is 5.26 Å². The lowest BCUT2D eigenvalue weighted by Crippen LogP contribution is -2.01. The smallest absolute Gasteiger partial charge is 0.147 e. The Bertz CT molecular complexity index is 259. The van der Waals surface area contributed by atoms with Gasteiger partial charge in [0.2, 0.25) is 0 Å². The molecule has 0 rings (SSSR count). The highest BCUT2D eigenvalue weighted by atomic mass is 32.2. The molecule has 0 amide bonds. The minimum Gasteiger partial charge on any atom is -0.229 e. The van der Waals surface area contributed by atoms with Crippen molar-refractivity contribution in [2.24, 2.45) is 0 Å². The van der Waals surface area contributed by atoms with Gasteiger partial charge >= 0.3 is 0 Å². The minimum absolute atomic E-state index is 0.197. The van der Waals surface area contributed by atoms with E-state index in [0.29, 0.717) is 12.8 Å². The molecule has 0 aromatic rings. The Morgan fingerprint density at radius 3 is 2.64 bits per heavy atom. The number of sulfone groups is 1. The number of nitrogens with zero attached hydrogens (tertiary/aromatic N) is 1. The SMILES string of the molecule is CS(=O)(=O)CCCC=CC#N. The maximum absolute atomic E-state index is 10.6. The molecule has 11 heavy (non-hydrogen) atoms. The molecule has 0 unspecified atom stereocenters. The van der Waals surface area contributed by atoms with Crippen LogP contribution in [-0.4, -0.2) is 20.4 Å². The van der Waals surface area contributed by atoms with Crippen LogP contribution in [0.25, 0.3) is 0 Å². The molecule has 0 aromatic carbocycles. The second kappa shape index (κ2) is 4.91. The van der Waals surface area contributed by atoms with Crippen LogP contribution in [0.3, 0.4) is 0 Å². The summed E-state index contributed by atoms with van der Waals surface area (Å²) in [6.07, 6.45) is 5.49. The third kappa shape index (κ3) is 9.18.